The number of carbonyl (C=O) groups excluding carboxylic acids is 1. The van der Waals surface area contributed by atoms with Gasteiger partial charge in [0.1, 0.15) is 5.75 Å². The molecule has 5 aromatic rings. The summed E-state index contributed by atoms with van der Waals surface area (Å²) in [5, 5.41) is 7.20. The highest BCUT2D eigenvalue weighted by atomic mass is 35.5. The van der Waals surface area contributed by atoms with Crippen molar-refractivity contribution in [3.8, 4) is 17.1 Å². The Balaban J connectivity index is 1.65. The first kappa shape index (κ1) is 20.6. The molecule has 2 heterocycles. The molecule has 32 heavy (non-hydrogen) atoms. The Morgan fingerprint density at radius 3 is 2.53 bits per heavy atom. The number of fused-ring (bicyclic) bond motifs is 2. The predicted molar refractivity (Wildman–Crippen MR) is 127 cm³/mol. The molecule has 2 aromatic heterocycles. The number of nitrogens with zero attached hydrogens (tertiary/aromatic N) is 3. The summed E-state index contributed by atoms with van der Waals surface area (Å²) in [4.78, 5) is 29.5. The molecular formula is C23H13Cl2N3O3S. The van der Waals surface area contributed by atoms with E-state index < -0.39 is 5.97 Å². The lowest BCUT2D eigenvalue weighted by Gasteiger charge is -2.08. The average Bonchev–Trinajstić information content (AvgIpc) is 3.28. The number of aromatic nitrogens is 3. The summed E-state index contributed by atoms with van der Waals surface area (Å²) in [6.07, 6.45) is 1.68. The van der Waals surface area contributed by atoms with Gasteiger partial charge in [-0.1, -0.05) is 64.9 Å². The van der Waals surface area contributed by atoms with Crippen LogP contribution in [-0.4, -0.2) is 20.6 Å². The third-order valence-electron chi connectivity index (χ3n) is 4.77. The Morgan fingerprint density at radius 2 is 1.84 bits per heavy atom. The van der Waals surface area contributed by atoms with Crippen LogP contribution in [0.25, 0.3) is 33.2 Å². The van der Waals surface area contributed by atoms with Crippen LogP contribution in [0.1, 0.15) is 12.5 Å². The number of carbonyl (C=O) groups is 1. The van der Waals surface area contributed by atoms with Gasteiger partial charge in [-0.15, -0.1) is 5.10 Å². The van der Waals surface area contributed by atoms with Crippen LogP contribution >= 0.6 is 34.5 Å². The van der Waals surface area contributed by atoms with E-state index in [4.69, 9.17) is 27.9 Å². The van der Waals surface area contributed by atoms with Crippen LogP contribution in [0, 0.1) is 0 Å². The number of benzene rings is 3. The molecule has 0 bridgehead atoms. The van der Waals surface area contributed by atoms with E-state index in [1.54, 1.807) is 30.3 Å². The Kier molecular flexibility index (Phi) is 5.17. The van der Waals surface area contributed by atoms with E-state index in [1.807, 2.05) is 30.3 Å². The maximum atomic E-state index is 12.9. The molecule has 0 amide bonds. The number of esters is 1. The minimum absolute atomic E-state index is 0.298. The Hall–Kier alpha value is -3.26. The van der Waals surface area contributed by atoms with Gasteiger partial charge in [0.05, 0.1) is 10.1 Å². The zero-order valence-electron chi connectivity index (χ0n) is 16.5. The lowest BCUT2D eigenvalue weighted by molar-refractivity contribution is -0.131. The van der Waals surface area contributed by atoms with Gasteiger partial charge in [0.2, 0.25) is 4.96 Å². The quantitative estimate of drug-likeness (QED) is 0.274. The second kappa shape index (κ2) is 8.02. The Bertz CT molecular complexity index is 1640. The van der Waals surface area contributed by atoms with E-state index in [-0.39, 0.29) is 5.56 Å². The van der Waals surface area contributed by atoms with E-state index in [2.05, 4.69) is 10.1 Å². The topological polar surface area (TPSA) is 73.6 Å². The molecule has 0 aliphatic carbocycles. The highest BCUT2D eigenvalue weighted by Gasteiger charge is 2.18. The predicted octanol–water partition coefficient (Wildman–Crippen LogP) is 4.75. The van der Waals surface area contributed by atoms with Crippen molar-refractivity contribution in [1.82, 2.24) is 14.6 Å². The van der Waals surface area contributed by atoms with Crippen LogP contribution in [-0.2, 0) is 4.79 Å². The largest absolute Gasteiger partial charge is 0.426 e. The summed E-state index contributed by atoms with van der Waals surface area (Å²) < 4.78 is 7.08. The van der Waals surface area contributed by atoms with Crippen LogP contribution < -0.4 is 14.8 Å². The van der Waals surface area contributed by atoms with Crippen molar-refractivity contribution < 1.29 is 9.53 Å². The van der Waals surface area contributed by atoms with Gasteiger partial charge >= 0.3 is 5.97 Å². The lowest BCUT2D eigenvalue weighted by atomic mass is 10.1. The first-order valence-electron chi connectivity index (χ1n) is 9.47. The Morgan fingerprint density at radius 1 is 1.09 bits per heavy atom. The summed E-state index contributed by atoms with van der Waals surface area (Å²) in [7, 11) is 0. The molecule has 9 heteroatoms. The molecular weight excluding hydrogens is 469 g/mol. The molecule has 5 rings (SSSR count). The number of thiazole rings is 1. The molecule has 0 spiro atoms. The van der Waals surface area contributed by atoms with Crippen LogP contribution in [0.4, 0.5) is 0 Å². The fourth-order valence-corrected chi connectivity index (χ4v) is 4.70. The third-order valence-corrected chi connectivity index (χ3v) is 6.30. The minimum atomic E-state index is -0.455. The highest BCUT2D eigenvalue weighted by Crippen LogP contribution is 2.33. The molecule has 0 atom stereocenters. The summed E-state index contributed by atoms with van der Waals surface area (Å²) >= 11 is 13.4. The number of rotatable bonds is 3. The second-order valence-corrected chi connectivity index (χ2v) is 8.85. The van der Waals surface area contributed by atoms with Crippen molar-refractivity contribution in [3.05, 3.63) is 85.1 Å². The number of halogens is 2. The molecule has 158 valence electrons. The average molecular weight is 482 g/mol. The van der Waals surface area contributed by atoms with E-state index in [0.29, 0.717) is 42.2 Å². The molecule has 0 aliphatic heterocycles. The van der Waals surface area contributed by atoms with Gasteiger partial charge in [0.25, 0.3) is 5.56 Å². The number of hydrogen-bond acceptors (Lipinski definition) is 6. The molecule has 0 radical (unpaired) electrons. The van der Waals surface area contributed by atoms with E-state index in [9.17, 15) is 9.59 Å². The molecule has 0 N–H and O–H groups in total. The molecule has 0 fully saturated rings. The second-order valence-electron chi connectivity index (χ2n) is 7.00. The van der Waals surface area contributed by atoms with Crippen LogP contribution in [0.3, 0.4) is 0 Å². The van der Waals surface area contributed by atoms with Crippen molar-refractivity contribution in [2.24, 2.45) is 0 Å². The fourth-order valence-electron chi connectivity index (χ4n) is 3.34. The molecule has 0 aliphatic rings. The van der Waals surface area contributed by atoms with Crippen molar-refractivity contribution >= 4 is 62.3 Å². The van der Waals surface area contributed by atoms with Crippen molar-refractivity contribution in [2.75, 3.05) is 0 Å². The van der Waals surface area contributed by atoms with Crippen LogP contribution in [0.5, 0.6) is 5.75 Å². The fraction of sp³-hybridized carbons (Fsp3) is 0.0435. The van der Waals surface area contributed by atoms with Gasteiger partial charge in [-0.3, -0.25) is 9.59 Å². The first-order chi connectivity index (χ1) is 15.4. The lowest BCUT2D eigenvalue weighted by Crippen LogP contribution is -2.23. The first-order valence-corrected chi connectivity index (χ1v) is 11.0. The van der Waals surface area contributed by atoms with Crippen LogP contribution in [0.2, 0.25) is 10.0 Å². The van der Waals surface area contributed by atoms with Gasteiger partial charge < -0.3 is 4.74 Å². The summed E-state index contributed by atoms with van der Waals surface area (Å²) in [6.45, 7) is 1.33. The van der Waals surface area contributed by atoms with Gasteiger partial charge in [0.15, 0.2) is 5.82 Å². The maximum Gasteiger partial charge on any atom is 0.308 e. The summed E-state index contributed by atoms with van der Waals surface area (Å²) in [5.41, 5.74) is 0.884. The maximum absolute atomic E-state index is 12.9. The number of hydrogen-bond donors (Lipinski definition) is 0. The standard InChI is InChI=1S/C23H13Cl2N3O3S/c1-12(29)31-19-9-14-5-3-2-4-13(14)8-17(19)21-26-23-28(27-21)22(30)20(32-23)10-15-6-7-16(24)11-18(15)25/h2-11H,1H3/b20-10+. The molecule has 6 nitrogen and oxygen atoms in total. The zero-order chi connectivity index (χ0) is 22.4. The van der Waals surface area contributed by atoms with Crippen molar-refractivity contribution in [3.63, 3.8) is 0 Å². The molecule has 0 saturated carbocycles. The summed E-state index contributed by atoms with van der Waals surface area (Å²) in [6, 6.07) is 16.3. The van der Waals surface area contributed by atoms with Crippen molar-refractivity contribution in [1.29, 1.82) is 0 Å². The van der Waals surface area contributed by atoms with E-state index >= 15 is 0 Å². The van der Waals surface area contributed by atoms with Gasteiger partial charge in [-0.05, 0) is 46.7 Å². The summed E-state index contributed by atoms with van der Waals surface area (Å²) in [5.74, 6) is 0.178. The normalized spacial score (nSPS) is 12.0. The monoisotopic (exact) mass is 481 g/mol. The molecule has 0 unspecified atom stereocenters. The van der Waals surface area contributed by atoms with E-state index in [1.165, 1.54) is 22.8 Å². The van der Waals surface area contributed by atoms with Gasteiger partial charge in [0, 0.05) is 17.0 Å². The van der Waals surface area contributed by atoms with Crippen molar-refractivity contribution in [2.45, 2.75) is 6.92 Å². The third kappa shape index (κ3) is 3.75. The number of ether oxygens (including phenoxy) is 1. The van der Waals surface area contributed by atoms with Crippen LogP contribution in [0.15, 0.2) is 59.4 Å². The highest BCUT2D eigenvalue weighted by molar-refractivity contribution is 7.15. The smallest absolute Gasteiger partial charge is 0.308 e. The molecule has 3 aromatic carbocycles. The molecule has 0 saturated heterocycles. The SMILES string of the molecule is CC(=O)Oc1cc2ccccc2cc1-c1nc2s/c(=C/c3ccc(Cl)cc3Cl)c(=O)n2n1. The zero-order valence-corrected chi connectivity index (χ0v) is 18.8. The van der Waals surface area contributed by atoms with E-state index in [0.717, 1.165) is 10.8 Å². The Labute approximate surface area is 195 Å². The minimum Gasteiger partial charge on any atom is -0.426 e. The van der Waals surface area contributed by atoms with Gasteiger partial charge in [-0.25, -0.2) is 0 Å². The van der Waals surface area contributed by atoms with Gasteiger partial charge in [-0.2, -0.15) is 9.50 Å².